The van der Waals surface area contributed by atoms with Crippen LogP contribution >= 0.6 is 0 Å². The summed E-state index contributed by atoms with van der Waals surface area (Å²) in [5.41, 5.74) is 14.6. The van der Waals surface area contributed by atoms with E-state index in [1.165, 1.54) is 0 Å². The molecule has 0 radical (unpaired) electrons. The van der Waals surface area contributed by atoms with Crippen LogP contribution in [-0.2, 0) is 0 Å². The molecule has 0 aliphatic rings. The summed E-state index contributed by atoms with van der Waals surface area (Å²) in [6, 6.07) is 9.18. The van der Waals surface area contributed by atoms with Crippen LogP contribution in [0.25, 0.3) is 11.3 Å². The first kappa shape index (κ1) is 11.3. The third kappa shape index (κ3) is 2.15. The number of hydrogen-bond donors (Lipinski definition) is 2. The van der Waals surface area contributed by atoms with Gasteiger partial charge in [-0.3, -0.25) is 4.98 Å². The van der Waals surface area contributed by atoms with Gasteiger partial charge in [0.15, 0.2) is 0 Å². The van der Waals surface area contributed by atoms with Crippen molar-refractivity contribution < 1.29 is 4.74 Å². The number of nitrogen functional groups attached to an aromatic ring is 2. The quantitative estimate of drug-likeness (QED) is 0.792. The number of ether oxygens (including phenoxy) is 1. The smallest absolute Gasteiger partial charge is 0.143 e. The summed E-state index contributed by atoms with van der Waals surface area (Å²) in [4.78, 5) is 4.26. The molecule has 4 N–H and O–H groups in total. The summed E-state index contributed by atoms with van der Waals surface area (Å²) >= 11 is 0. The van der Waals surface area contributed by atoms with Crippen LogP contribution in [-0.4, -0.2) is 11.6 Å². The van der Waals surface area contributed by atoms with E-state index >= 15 is 0 Å². The summed E-state index contributed by atoms with van der Waals surface area (Å²) in [5.74, 6) is 0.641. The first-order chi connectivity index (χ1) is 8.24. The van der Waals surface area contributed by atoms with Gasteiger partial charge in [0.2, 0.25) is 0 Å². The van der Waals surface area contributed by atoms with Gasteiger partial charge in [0.25, 0.3) is 0 Å². The third-order valence-corrected chi connectivity index (χ3v) is 2.46. The highest BCUT2D eigenvalue weighted by atomic mass is 16.5. The van der Waals surface area contributed by atoms with Crippen LogP contribution < -0.4 is 16.2 Å². The summed E-state index contributed by atoms with van der Waals surface area (Å²) in [6.07, 6.45) is 1.71. The van der Waals surface area contributed by atoms with Crippen LogP contribution in [0.2, 0.25) is 0 Å². The lowest BCUT2D eigenvalue weighted by Gasteiger charge is -2.13. The molecule has 0 bridgehead atoms. The summed E-state index contributed by atoms with van der Waals surface area (Å²) < 4.78 is 5.45. The van der Waals surface area contributed by atoms with E-state index in [2.05, 4.69) is 4.98 Å². The van der Waals surface area contributed by atoms with Gasteiger partial charge in [0, 0.05) is 17.4 Å². The number of nitrogens with zero attached hydrogens (tertiary/aromatic N) is 1. The van der Waals surface area contributed by atoms with Gasteiger partial charge in [-0.05, 0) is 31.2 Å². The molecule has 0 spiro atoms. The Kier molecular flexibility index (Phi) is 3.14. The van der Waals surface area contributed by atoms with Crippen molar-refractivity contribution in [1.29, 1.82) is 0 Å². The fraction of sp³-hybridized carbons (Fsp3) is 0.154. The summed E-state index contributed by atoms with van der Waals surface area (Å²) in [6.45, 7) is 2.48. The van der Waals surface area contributed by atoms with Crippen LogP contribution in [0.3, 0.4) is 0 Å². The van der Waals surface area contributed by atoms with Crippen LogP contribution in [0.5, 0.6) is 5.75 Å². The molecule has 1 aromatic carbocycles. The zero-order valence-electron chi connectivity index (χ0n) is 9.68. The van der Waals surface area contributed by atoms with Crippen molar-refractivity contribution in [1.82, 2.24) is 4.98 Å². The Bertz CT molecular complexity index is 512. The molecule has 4 nitrogen and oxygen atoms in total. The van der Waals surface area contributed by atoms with Crippen molar-refractivity contribution in [3.63, 3.8) is 0 Å². The third-order valence-electron chi connectivity index (χ3n) is 2.46. The van der Waals surface area contributed by atoms with E-state index < -0.39 is 0 Å². The Morgan fingerprint density at radius 1 is 1.18 bits per heavy atom. The summed E-state index contributed by atoms with van der Waals surface area (Å²) in [5, 5.41) is 0. The van der Waals surface area contributed by atoms with Crippen LogP contribution in [0.1, 0.15) is 6.92 Å². The van der Waals surface area contributed by atoms with Gasteiger partial charge in [0.1, 0.15) is 5.75 Å². The molecule has 0 fully saturated rings. The highest BCUT2D eigenvalue weighted by Gasteiger charge is 2.12. The number of hydrogen-bond acceptors (Lipinski definition) is 4. The average Bonchev–Trinajstić information content (AvgIpc) is 2.35. The van der Waals surface area contributed by atoms with Crippen molar-refractivity contribution >= 4 is 11.4 Å². The Balaban J connectivity index is 2.56. The van der Waals surface area contributed by atoms with Gasteiger partial charge in [-0.25, -0.2) is 0 Å². The van der Waals surface area contributed by atoms with Gasteiger partial charge in [-0.15, -0.1) is 0 Å². The van der Waals surface area contributed by atoms with Gasteiger partial charge < -0.3 is 16.2 Å². The lowest BCUT2D eigenvalue weighted by Crippen LogP contribution is -2.02. The molecule has 1 aromatic heterocycles. The second kappa shape index (κ2) is 4.74. The molecule has 0 unspecified atom stereocenters. The topological polar surface area (TPSA) is 74.2 Å². The molecular formula is C13H15N3O. The second-order valence-electron chi connectivity index (χ2n) is 3.59. The Morgan fingerprint density at radius 2 is 2.00 bits per heavy atom. The van der Waals surface area contributed by atoms with Crippen molar-refractivity contribution in [2.24, 2.45) is 0 Å². The number of rotatable bonds is 3. The molecule has 0 saturated carbocycles. The van der Waals surface area contributed by atoms with E-state index in [1.54, 1.807) is 18.3 Å². The molecule has 0 aliphatic heterocycles. The van der Waals surface area contributed by atoms with E-state index in [4.69, 9.17) is 16.2 Å². The highest BCUT2D eigenvalue weighted by molar-refractivity contribution is 5.88. The van der Waals surface area contributed by atoms with E-state index in [-0.39, 0.29) is 0 Å². The van der Waals surface area contributed by atoms with Crippen LogP contribution in [0.4, 0.5) is 11.4 Å². The lowest BCUT2D eigenvalue weighted by molar-refractivity contribution is 0.342. The lowest BCUT2D eigenvalue weighted by atomic mass is 10.1. The van der Waals surface area contributed by atoms with E-state index in [0.717, 1.165) is 11.3 Å². The minimum absolute atomic E-state index is 0.533. The molecule has 2 aromatic rings. The van der Waals surface area contributed by atoms with Crippen molar-refractivity contribution in [2.75, 3.05) is 18.1 Å². The molecular weight excluding hydrogens is 214 g/mol. The number of aromatic nitrogens is 1. The number of benzene rings is 1. The maximum atomic E-state index is 6.06. The molecule has 0 amide bonds. The Morgan fingerprint density at radius 3 is 2.65 bits per heavy atom. The maximum absolute atomic E-state index is 6.06. The number of anilines is 2. The molecule has 17 heavy (non-hydrogen) atoms. The monoisotopic (exact) mass is 229 g/mol. The molecule has 0 atom stereocenters. The molecule has 1 heterocycles. The molecule has 0 saturated heterocycles. The van der Waals surface area contributed by atoms with Gasteiger partial charge in [-0.1, -0.05) is 6.07 Å². The SMILES string of the molecule is CCOc1ccc(N)c(-c2ccccn2)c1N. The highest BCUT2D eigenvalue weighted by Crippen LogP contribution is 2.36. The number of pyridine rings is 1. The zero-order valence-corrected chi connectivity index (χ0v) is 9.68. The first-order valence-electron chi connectivity index (χ1n) is 5.46. The predicted octanol–water partition coefficient (Wildman–Crippen LogP) is 2.31. The Hall–Kier alpha value is -2.23. The molecule has 0 aliphatic carbocycles. The van der Waals surface area contributed by atoms with Crippen molar-refractivity contribution in [3.05, 3.63) is 36.5 Å². The molecule has 2 rings (SSSR count). The van der Waals surface area contributed by atoms with E-state index in [1.807, 2.05) is 25.1 Å². The minimum Gasteiger partial charge on any atom is -0.492 e. The molecule has 4 heteroatoms. The number of nitrogens with two attached hydrogens (primary N) is 2. The first-order valence-corrected chi connectivity index (χ1v) is 5.46. The average molecular weight is 229 g/mol. The standard InChI is InChI=1S/C13H15N3O/c1-2-17-11-7-6-9(14)12(13(11)15)10-5-3-4-8-16-10/h3-8H,2,14-15H2,1H3. The van der Waals surface area contributed by atoms with Gasteiger partial charge >= 0.3 is 0 Å². The van der Waals surface area contributed by atoms with Gasteiger partial charge in [-0.2, -0.15) is 0 Å². The van der Waals surface area contributed by atoms with E-state index in [9.17, 15) is 0 Å². The van der Waals surface area contributed by atoms with Crippen LogP contribution in [0, 0.1) is 0 Å². The largest absolute Gasteiger partial charge is 0.492 e. The predicted molar refractivity (Wildman–Crippen MR) is 69.7 cm³/mol. The normalized spacial score (nSPS) is 10.2. The second-order valence-corrected chi connectivity index (χ2v) is 3.59. The van der Waals surface area contributed by atoms with Crippen LogP contribution in [0.15, 0.2) is 36.5 Å². The fourth-order valence-electron chi connectivity index (χ4n) is 1.70. The van der Waals surface area contributed by atoms with Crippen molar-refractivity contribution in [3.8, 4) is 17.0 Å². The molecule has 88 valence electrons. The van der Waals surface area contributed by atoms with Gasteiger partial charge in [0.05, 0.1) is 18.0 Å². The minimum atomic E-state index is 0.533. The Labute approximate surface area is 100 Å². The zero-order chi connectivity index (χ0) is 12.3. The van der Waals surface area contributed by atoms with E-state index in [0.29, 0.717) is 23.7 Å². The fourth-order valence-corrected chi connectivity index (χ4v) is 1.70. The summed E-state index contributed by atoms with van der Waals surface area (Å²) in [7, 11) is 0. The van der Waals surface area contributed by atoms with Crippen molar-refractivity contribution in [2.45, 2.75) is 6.92 Å². The maximum Gasteiger partial charge on any atom is 0.143 e.